The van der Waals surface area contributed by atoms with Gasteiger partial charge in [-0.3, -0.25) is 0 Å². The van der Waals surface area contributed by atoms with E-state index in [2.05, 4.69) is 11.0 Å². The summed E-state index contributed by atoms with van der Waals surface area (Å²) in [4.78, 5) is 3.59. The fourth-order valence-corrected chi connectivity index (χ4v) is 3.86. The minimum absolute atomic E-state index is 0.261. The van der Waals surface area contributed by atoms with Crippen LogP contribution >= 0.6 is 11.3 Å². The topological polar surface area (TPSA) is 47.3 Å². The van der Waals surface area contributed by atoms with Gasteiger partial charge in [0, 0.05) is 10.9 Å². The molecule has 0 aliphatic carbocycles. The number of hydrogen-bond acceptors (Lipinski definition) is 4. The average molecular weight is 321 g/mol. The summed E-state index contributed by atoms with van der Waals surface area (Å²) in [6, 6.07) is 6.87. The fraction of sp³-hybridized carbons (Fsp3) is 0.722. The van der Waals surface area contributed by atoms with Gasteiger partial charge in [-0.05, 0) is 64.1 Å². The summed E-state index contributed by atoms with van der Waals surface area (Å²) in [5.74, 6) is 0. The molecular formula is C18H28N2OS. The summed E-state index contributed by atoms with van der Waals surface area (Å²) < 4.78 is 0. The van der Waals surface area contributed by atoms with Crippen molar-refractivity contribution in [1.82, 2.24) is 4.90 Å². The van der Waals surface area contributed by atoms with Gasteiger partial charge >= 0.3 is 0 Å². The number of aliphatic hydroxyl groups is 1. The zero-order valence-corrected chi connectivity index (χ0v) is 14.6. The molecule has 4 heteroatoms. The third-order valence-electron chi connectivity index (χ3n) is 4.69. The Morgan fingerprint density at radius 2 is 2.27 bits per heavy atom. The predicted octanol–water partition coefficient (Wildman–Crippen LogP) is 4.36. The van der Waals surface area contributed by atoms with Crippen molar-refractivity contribution < 1.29 is 5.11 Å². The van der Waals surface area contributed by atoms with Crippen molar-refractivity contribution in [2.24, 2.45) is 5.41 Å². The van der Waals surface area contributed by atoms with Crippen molar-refractivity contribution in [1.29, 1.82) is 5.26 Å². The van der Waals surface area contributed by atoms with Crippen molar-refractivity contribution >= 4 is 11.3 Å². The van der Waals surface area contributed by atoms with Gasteiger partial charge in [-0.2, -0.15) is 5.26 Å². The SMILES string of the molecule is CC(C)(C#N)CCN1CCCCCC1CC(O)c1cccs1. The number of aliphatic hydroxyl groups excluding tert-OH is 1. The average Bonchev–Trinajstić information content (AvgIpc) is 2.95. The Morgan fingerprint density at radius 3 is 2.95 bits per heavy atom. The molecule has 1 fully saturated rings. The van der Waals surface area contributed by atoms with Crippen LogP contribution in [-0.4, -0.2) is 29.1 Å². The fourth-order valence-electron chi connectivity index (χ4n) is 3.13. The number of thiophene rings is 1. The molecule has 0 bridgehead atoms. The minimum atomic E-state index is -0.352. The first-order valence-corrected chi connectivity index (χ1v) is 9.26. The van der Waals surface area contributed by atoms with Crippen LogP contribution in [0.5, 0.6) is 0 Å². The number of nitrogens with zero attached hydrogens (tertiary/aromatic N) is 2. The molecular weight excluding hydrogens is 292 g/mol. The van der Waals surface area contributed by atoms with Gasteiger partial charge in [0.2, 0.25) is 0 Å². The molecule has 3 nitrogen and oxygen atoms in total. The van der Waals surface area contributed by atoms with E-state index in [1.807, 2.05) is 31.4 Å². The van der Waals surface area contributed by atoms with Gasteiger partial charge in [0.1, 0.15) is 0 Å². The Bertz CT molecular complexity index is 478. The highest BCUT2D eigenvalue weighted by atomic mass is 32.1. The van der Waals surface area contributed by atoms with Crippen LogP contribution in [-0.2, 0) is 0 Å². The van der Waals surface area contributed by atoms with Crippen molar-refractivity contribution in [2.45, 2.75) is 64.5 Å². The molecule has 1 saturated heterocycles. The van der Waals surface area contributed by atoms with E-state index in [-0.39, 0.29) is 11.5 Å². The van der Waals surface area contributed by atoms with E-state index in [0.717, 1.165) is 37.2 Å². The van der Waals surface area contributed by atoms with Crippen molar-refractivity contribution in [3.05, 3.63) is 22.4 Å². The second-order valence-electron chi connectivity index (χ2n) is 7.05. The van der Waals surface area contributed by atoms with Crippen LogP contribution in [0, 0.1) is 16.7 Å². The summed E-state index contributed by atoms with van der Waals surface area (Å²) in [6.45, 7) is 6.09. The summed E-state index contributed by atoms with van der Waals surface area (Å²) in [5, 5.41) is 21.7. The molecule has 1 aliphatic rings. The Hall–Kier alpha value is -0.890. The molecule has 2 atom stereocenters. The number of nitriles is 1. The van der Waals surface area contributed by atoms with Crippen molar-refractivity contribution in [3.8, 4) is 6.07 Å². The first-order chi connectivity index (χ1) is 10.5. The van der Waals surface area contributed by atoms with Gasteiger partial charge in [-0.15, -0.1) is 11.3 Å². The molecule has 1 aromatic rings. The van der Waals surface area contributed by atoms with Crippen LogP contribution in [0.25, 0.3) is 0 Å². The van der Waals surface area contributed by atoms with E-state index in [1.165, 1.54) is 19.3 Å². The zero-order chi connectivity index (χ0) is 16.0. The second kappa shape index (κ2) is 8.10. The minimum Gasteiger partial charge on any atom is -0.388 e. The smallest absolute Gasteiger partial charge is 0.0896 e. The van der Waals surface area contributed by atoms with E-state index >= 15 is 0 Å². The Labute approximate surface area is 138 Å². The Kier molecular flexibility index (Phi) is 6.43. The van der Waals surface area contributed by atoms with Gasteiger partial charge in [0.25, 0.3) is 0 Å². The highest BCUT2D eigenvalue weighted by molar-refractivity contribution is 7.10. The van der Waals surface area contributed by atoms with Gasteiger partial charge < -0.3 is 10.0 Å². The van der Waals surface area contributed by atoms with Crippen LogP contribution in [0.4, 0.5) is 0 Å². The van der Waals surface area contributed by atoms with E-state index < -0.39 is 0 Å². The molecule has 2 unspecified atom stereocenters. The molecule has 2 rings (SSSR count). The van der Waals surface area contributed by atoms with Gasteiger partial charge in [-0.1, -0.05) is 18.9 Å². The normalized spacial score (nSPS) is 22.0. The first kappa shape index (κ1) is 17.5. The van der Waals surface area contributed by atoms with Crippen LogP contribution in [0.3, 0.4) is 0 Å². The predicted molar refractivity (Wildman–Crippen MR) is 91.7 cm³/mol. The number of likely N-dealkylation sites (tertiary alicyclic amines) is 1. The molecule has 122 valence electrons. The van der Waals surface area contributed by atoms with E-state index in [1.54, 1.807) is 11.3 Å². The van der Waals surface area contributed by atoms with Crippen LogP contribution in [0.2, 0.25) is 0 Å². The van der Waals surface area contributed by atoms with Gasteiger partial charge in [-0.25, -0.2) is 0 Å². The third-order valence-corrected chi connectivity index (χ3v) is 5.67. The first-order valence-electron chi connectivity index (χ1n) is 8.38. The lowest BCUT2D eigenvalue weighted by atomic mass is 9.90. The summed E-state index contributed by atoms with van der Waals surface area (Å²) in [7, 11) is 0. The van der Waals surface area contributed by atoms with Gasteiger partial charge in [0.05, 0.1) is 17.6 Å². The Balaban J connectivity index is 1.96. The standard InChI is InChI=1S/C18H28N2OS/c1-18(2,14-19)9-11-20-10-5-3-4-7-15(20)13-16(21)17-8-6-12-22-17/h6,8,12,15-16,21H,3-5,7,9-11,13H2,1-2H3. The molecule has 22 heavy (non-hydrogen) atoms. The number of rotatable bonds is 6. The van der Waals surface area contributed by atoms with Crippen molar-refractivity contribution in [2.75, 3.05) is 13.1 Å². The van der Waals surface area contributed by atoms with Crippen LogP contribution < -0.4 is 0 Å². The second-order valence-corrected chi connectivity index (χ2v) is 8.03. The maximum absolute atomic E-state index is 10.5. The molecule has 2 heterocycles. The monoisotopic (exact) mass is 320 g/mol. The van der Waals surface area contributed by atoms with E-state index in [4.69, 9.17) is 0 Å². The molecule has 0 spiro atoms. The lowest BCUT2D eigenvalue weighted by Crippen LogP contribution is -2.38. The summed E-state index contributed by atoms with van der Waals surface area (Å²) in [5.41, 5.74) is -0.261. The molecule has 0 saturated carbocycles. The van der Waals surface area contributed by atoms with E-state index in [0.29, 0.717) is 6.04 Å². The molecule has 1 N–H and O–H groups in total. The van der Waals surface area contributed by atoms with E-state index in [9.17, 15) is 10.4 Å². The quantitative estimate of drug-likeness (QED) is 0.847. The molecule has 0 radical (unpaired) electrons. The zero-order valence-electron chi connectivity index (χ0n) is 13.8. The molecule has 0 aromatic carbocycles. The van der Waals surface area contributed by atoms with Crippen molar-refractivity contribution in [3.63, 3.8) is 0 Å². The lowest BCUT2D eigenvalue weighted by molar-refractivity contribution is 0.0984. The third kappa shape index (κ3) is 5.08. The largest absolute Gasteiger partial charge is 0.388 e. The number of hydrogen-bond donors (Lipinski definition) is 1. The van der Waals surface area contributed by atoms with Crippen LogP contribution in [0.1, 0.15) is 63.4 Å². The molecule has 1 aromatic heterocycles. The van der Waals surface area contributed by atoms with Crippen LogP contribution in [0.15, 0.2) is 17.5 Å². The summed E-state index contributed by atoms with van der Waals surface area (Å²) in [6.07, 6.45) is 6.29. The highest BCUT2D eigenvalue weighted by Crippen LogP contribution is 2.30. The maximum Gasteiger partial charge on any atom is 0.0896 e. The lowest BCUT2D eigenvalue weighted by Gasteiger charge is -2.32. The molecule has 1 aliphatic heterocycles. The Morgan fingerprint density at radius 1 is 1.45 bits per heavy atom. The highest BCUT2D eigenvalue weighted by Gasteiger charge is 2.26. The summed E-state index contributed by atoms with van der Waals surface area (Å²) >= 11 is 1.64. The maximum atomic E-state index is 10.5. The van der Waals surface area contributed by atoms with Gasteiger partial charge in [0.15, 0.2) is 0 Å². The molecule has 0 amide bonds.